The summed E-state index contributed by atoms with van der Waals surface area (Å²) >= 11 is 0. The summed E-state index contributed by atoms with van der Waals surface area (Å²) in [6.07, 6.45) is 5.87. The number of carbonyl (C=O) groups is 2. The first kappa shape index (κ1) is 10.3. The number of urea groups is 1. The number of primary amides is 1. The minimum atomic E-state index is -1.45. The van der Waals surface area contributed by atoms with E-state index in [9.17, 15) is 9.59 Å². The molecule has 0 aliphatic heterocycles. The molecule has 0 fully saturated rings. The topological polar surface area (TPSA) is 118 Å². The number of allylic oxidation sites excluding steroid dienone is 2. The van der Waals surface area contributed by atoms with Gasteiger partial charge in [0.1, 0.15) is 11.6 Å². The number of nitrogens with two attached hydrogens (primary N) is 2. The summed E-state index contributed by atoms with van der Waals surface area (Å²) in [6.45, 7) is 0. The van der Waals surface area contributed by atoms with E-state index < -0.39 is 23.6 Å². The van der Waals surface area contributed by atoms with E-state index in [2.05, 4.69) is 5.32 Å². The molecule has 1 aliphatic rings. The first-order valence-electron chi connectivity index (χ1n) is 3.91. The molecule has 6 N–H and O–H groups in total. The van der Waals surface area contributed by atoms with Crippen molar-refractivity contribution in [3.8, 4) is 0 Å². The second-order valence-corrected chi connectivity index (χ2v) is 2.98. The van der Waals surface area contributed by atoms with Crippen LogP contribution in [0.25, 0.3) is 0 Å². The second-order valence-electron chi connectivity index (χ2n) is 2.98. The van der Waals surface area contributed by atoms with Gasteiger partial charge in [0.05, 0.1) is 0 Å². The summed E-state index contributed by atoms with van der Waals surface area (Å²) in [5.41, 5.74) is 9.11. The molecule has 2 atom stereocenters. The van der Waals surface area contributed by atoms with Crippen molar-refractivity contribution in [1.82, 2.24) is 5.32 Å². The van der Waals surface area contributed by atoms with Crippen LogP contribution >= 0.6 is 0 Å². The lowest BCUT2D eigenvalue weighted by Gasteiger charge is -2.32. The molecule has 0 heterocycles. The summed E-state index contributed by atoms with van der Waals surface area (Å²) in [6, 6.07) is -0.862. The first-order valence-corrected chi connectivity index (χ1v) is 3.91. The SMILES string of the molecule is NC(=O)NC1(N)C=CC=CC1C(=O)O. The number of carbonyl (C=O) groups excluding carboxylic acids is 1. The summed E-state index contributed by atoms with van der Waals surface area (Å²) in [5, 5.41) is 11.0. The molecule has 0 spiro atoms. The predicted octanol–water partition coefficient (Wildman–Crippen LogP) is -0.863. The van der Waals surface area contributed by atoms with Crippen molar-refractivity contribution in [2.75, 3.05) is 0 Å². The van der Waals surface area contributed by atoms with E-state index in [1.54, 1.807) is 12.2 Å². The molecular weight excluding hydrogens is 186 g/mol. The highest BCUT2D eigenvalue weighted by Gasteiger charge is 2.38. The third kappa shape index (κ3) is 1.91. The number of rotatable bonds is 2. The molecule has 0 saturated heterocycles. The van der Waals surface area contributed by atoms with Crippen molar-refractivity contribution in [3.63, 3.8) is 0 Å². The summed E-state index contributed by atoms with van der Waals surface area (Å²) < 4.78 is 0. The molecule has 6 heteroatoms. The Labute approximate surface area is 80.3 Å². The Balaban J connectivity index is 2.93. The summed E-state index contributed by atoms with van der Waals surface area (Å²) in [4.78, 5) is 21.4. The summed E-state index contributed by atoms with van der Waals surface area (Å²) in [5.74, 6) is -2.14. The van der Waals surface area contributed by atoms with Crippen molar-refractivity contribution in [2.24, 2.45) is 17.4 Å². The lowest BCUT2D eigenvalue weighted by atomic mass is 9.89. The molecule has 14 heavy (non-hydrogen) atoms. The van der Waals surface area contributed by atoms with Gasteiger partial charge in [-0.1, -0.05) is 18.2 Å². The van der Waals surface area contributed by atoms with E-state index in [0.29, 0.717) is 0 Å². The number of hydrogen-bond donors (Lipinski definition) is 4. The lowest BCUT2D eigenvalue weighted by Crippen LogP contribution is -2.62. The van der Waals surface area contributed by atoms with Gasteiger partial charge in [-0.05, 0) is 6.08 Å². The van der Waals surface area contributed by atoms with Gasteiger partial charge >= 0.3 is 12.0 Å². The fraction of sp³-hybridized carbons (Fsp3) is 0.250. The van der Waals surface area contributed by atoms with Crippen molar-refractivity contribution < 1.29 is 14.7 Å². The highest BCUT2D eigenvalue weighted by molar-refractivity contribution is 5.79. The number of aliphatic carboxylic acids is 1. The Morgan fingerprint density at radius 2 is 2.07 bits per heavy atom. The van der Waals surface area contributed by atoms with E-state index in [-0.39, 0.29) is 0 Å². The molecule has 0 aromatic rings. The highest BCUT2D eigenvalue weighted by Crippen LogP contribution is 2.19. The van der Waals surface area contributed by atoms with Crippen molar-refractivity contribution >= 4 is 12.0 Å². The van der Waals surface area contributed by atoms with Crippen LogP contribution < -0.4 is 16.8 Å². The van der Waals surface area contributed by atoms with Gasteiger partial charge in [0.15, 0.2) is 0 Å². The summed E-state index contributed by atoms with van der Waals surface area (Å²) in [7, 11) is 0. The van der Waals surface area contributed by atoms with Gasteiger partial charge in [0.25, 0.3) is 0 Å². The Morgan fingerprint density at radius 1 is 1.43 bits per heavy atom. The van der Waals surface area contributed by atoms with Gasteiger partial charge in [0.2, 0.25) is 0 Å². The molecule has 2 unspecified atom stereocenters. The Morgan fingerprint density at radius 3 is 2.57 bits per heavy atom. The number of carboxylic acid groups (broad SMARTS) is 1. The molecular formula is C8H11N3O3. The smallest absolute Gasteiger partial charge is 0.314 e. The van der Waals surface area contributed by atoms with Crippen LogP contribution in [0.15, 0.2) is 24.3 Å². The van der Waals surface area contributed by atoms with Crippen molar-refractivity contribution in [2.45, 2.75) is 5.66 Å². The monoisotopic (exact) mass is 197 g/mol. The van der Waals surface area contributed by atoms with E-state index in [1.807, 2.05) is 0 Å². The van der Waals surface area contributed by atoms with Crippen LogP contribution in [-0.4, -0.2) is 22.8 Å². The Hall–Kier alpha value is -1.82. The molecule has 0 radical (unpaired) electrons. The molecule has 0 bridgehead atoms. The maximum atomic E-state index is 10.8. The zero-order valence-electron chi connectivity index (χ0n) is 7.31. The van der Waals surface area contributed by atoms with Gasteiger partial charge in [-0.15, -0.1) is 0 Å². The van der Waals surface area contributed by atoms with Gasteiger partial charge < -0.3 is 21.9 Å². The number of amides is 2. The van der Waals surface area contributed by atoms with Crippen LogP contribution in [-0.2, 0) is 4.79 Å². The fourth-order valence-electron chi connectivity index (χ4n) is 1.27. The largest absolute Gasteiger partial charge is 0.481 e. The molecule has 0 saturated carbocycles. The Kier molecular flexibility index (Phi) is 2.57. The van der Waals surface area contributed by atoms with Crippen LogP contribution in [0.3, 0.4) is 0 Å². The zero-order chi connectivity index (χ0) is 10.8. The zero-order valence-corrected chi connectivity index (χ0v) is 7.31. The minimum Gasteiger partial charge on any atom is -0.481 e. The van der Waals surface area contributed by atoms with Gasteiger partial charge in [-0.2, -0.15) is 0 Å². The minimum absolute atomic E-state index is 0.862. The number of carboxylic acids is 1. The maximum Gasteiger partial charge on any atom is 0.314 e. The van der Waals surface area contributed by atoms with E-state index in [4.69, 9.17) is 16.6 Å². The van der Waals surface area contributed by atoms with Crippen LogP contribution in [0.1, 0.15) is 0 Å². The van der Waals surface area contributed by atoms with E-state index in [0.717, 1.165) is 0 Å². The second kappa shape index (κ2) is 3.51. The van der Waals surface area contributed by atoms with Crippen LogP contribution in [0.2, 0.25) is 0 Å². The van der Waals surface area contributed by atoms with E-state index >= 15 is 0 Å². The maximum absolute atomic E-state index is 10.8. The molecule has 0 aromatic heterocycles. The lowest BCUT2D eigenvalue weighted by molar-refractivity contribution is -0.141. The molecule has 2 amide bonds. The van der Waals surface area contributed by atoms with E-state index in [1.165, 1.54) is 12.2 Å². The first-order chi connectivity index (χ1) is 6.46. The molecule has 6 nitrogen and oxygen atoms in total. The predicted molar refractivity (Wildman–Crippen MR) is 49.0 cm³/mol. The number of hydrogen-bond acceptors (Lipinski definition) is 3. The standard InChI is InChI=1S/C8H11N3O3/c9-7(14)11-8(10)4-2-1-3-5(8)6(12)13/h1-5H,10H2,(H,12,13)(H3,9,11,14). The van der Waals surface area contributed by atoms with Crippen LogP contribution in [0.5, 0.6) is 0 Å². The fourth-order valence-corrected chi connectivity index (χ4v) is 1.27. The molecule has 76 valence electrons. The van der Waals surface area contributed by atoms with Crippen molar-refractivity contribution in [1.29, 1.82) is 0 Å². The molecule has 1 aliphatic carbocycles. The highest BCUT2D eigenvalue weighted by atomic mass is 16.4. The third-order valence-corrected chi connectivity index (χ3v) is 1.91. The van der Waals surface area contributed by atoms with Gasteiger partial charge in [-0.3, -0.25) is 4.79 Å². The van der Waals surface area contributed by atoms with Crippen LogP contribution in [0.4, 0.5) is 4.79 Å². The van der Waals surface area contributed by atoms with Gasteiger partial charge in [-0.25, -0.2) is 4.79 Å². The number of nitrogens with one attached hydrogen (secondary N) is 1. The molecule has 0 aromatic carbocycles. The van der Waals surface area contributed by atoms with Gasteiger partial charge in [0, 0.05) is 0 Å². The molecule has 1 rings (SSSR count). The average molecular weight is 197 g/mol. The van der Waals surface area contributed by atoms with Crippen LogP contribution in [0, 0.1) is 5.92 Å². The Bertz CT molecular complexity index is 324. The normalized spacial score (nSPS) is 29.9. The van der Waals surface area contributed by atoms with Crippen molar-refractivity contribution in [3.05, 3.63) is 24.3 Å². The average Bonchev–Trinajstić information content (AvgIpc) is 2.01. The quantitative estimate of drug-likeness (QED) is 0.430. The third-order valence-electron chi connectivity index (χ3n) is 1.91.